The van der Waals surface area contributed by atoms with Crippen molar-refractivity contribution in [2.45, 2.75) is 33.2 Å². The number of hydrogen-bond acceptors (Lipinski definition) is 4. The Balaban J connectivity index is 1.83. The van der Waals surface area contributed by atoms with Crippen molar-refractivity contribution in [3.8, 4) is 11.5 Å². The molecule has 2 aromatic rings. The first-order valence-corrected chi connectivity index (χ1v) is 9.79. The van der Waals surface area contributed by atoms with Crippen LogP contribution in [-0.4, -0.2) is 29.9 Å². The summed E-state index contributed by atoms with van der Waals surface area (Å²) in [5, 5.41) is 2.93. The van der Waals surface area contributed by atoms with Gasteiger partial charge in [-0.2, -0.15) is 0 Å². The molecule has 0 fully saturated rings. The molecule has 0 radical (unpaired) electrons. The van der Waals surface area contributed by atoms with Crippen LogP contribution in [0.15, 0.2) is 48.7 Å². The average molecular weight is 394 g/mol. The van der Waals surface area contributed by atoms with E-state index in [1.54, 1.807) is 23.2 Å². The molecule has 1 aliphatic rings. The van der Waals surface area contributed by atoms with Crippen molar-refractivity contribution in [2.75, 3.05) is 18.5 Å². The second kappa shape index (κ2) is 9.28. The molecule has 0 spiro atoms. The Morgan fingerprint density at radius 1 is 1.07 bits per heavy atom. The summed E-state index contributed by atoms with van der Waals surface area (Å²) < 4.78 is 11.2. The zero-order chi connectivity index (χ0) is 20.8. The van der Waals surface area contributed by atoms with Crippen LogP contribution in [0.4, 0.5) is 5.69 Å². The van der Waals surface area contributed by atoms with Crippen LogP contribution in [-0.2, 0) is 9.59 Å². The smallest absolute Gasteiger partial charge is 0.226 e. The molecule has 1 unspecified atom stereocenters. The van der Waals surface area contributed by atoms with Gasteiger partial charge < -0.3 is 19.7 Å². The van der Waals surface area contributed by atoms with Gasteiger partial charge in [0, 0.05) is 19.2 Å². The lowest BCUT2D eigenvalue weighted by Crippen LogP contribution is -2.33. The second-order valence-corrected chi connectivity index (χ2v) is 6.66. The number of carbonyl (C=O) groups excluding carboxylic acids is 2. The molecule has 6 heteroatoms. The summed E-state index contributed by atoms with van der Waals surface area (Å²) in [6, 6.07) is 12.8. The highest BCUT2D eigenvalue weighted by Gasteiger charge is 2.28. The Morgan fingerprint density at radius 3 is 2.55 bits per heavy atom. The van der Waals surface area contributed by atoms with Gasteiger partial charge in [-0.05, 0) is 43.2 Å². The molecule has 0 saturated heterocycles. The van der Waals surface area contributed by atoms with Crippen molar-refractivity contribution in [1.82, 2.24) is 4.90 Å². The van der Waals surface area contributed by atoms with Crippen LogP contribution in [0.5, 0.6) is 11.5 Å². The fourth-order valence-electron chi connectivity index (χ4n) is 3.43. The van der Waals surface area contributed by atoms with E-state index in [1.807, 2.05) is 50.3 Å². The molecule has 0 saturated carbocycles. The fourth-order valence-corrected chi connectivity index (χ4v) is 3.43. The van der Waals surface area contributed by atoms with E-state index in [1.165, 1.54) is 6.92 Å². The lowest BCUT2D eigenvalue weighted by atomic mass is 9.93. The predicted octanol–water partition coefficient (Wildman–Crippen LogP) is 4.39. The number of ether oxygens (including phenoxy) is 2. The van der Waals surface area contributed by atoms with Gasteiger partial charge >= 0.3 is 0 Å². The minimum absolute atomic E-state index is 0.109. The molecular weight excluding hydrogens is 368 g/mol. The summed E-state index contributed by atoms with van der Waals surface area (Å²) in [6.07, 6.45) is 3.76. The Bertz CT molecular complexity index is 923. The number of carbonyl (C=O) groups is 2. The van der Waals surface area contributed by atoms with Crippen LogP contribution in [0.25, 0.3) is 6.08 Å². The van der Waals surface area contributed by atoms with Gasteiger partial charge in [0.1, 0.15) is 11.5 Å². The third-order valence-electron chi connectivity index (χ3n) is 4.68. The molecule has 29 heavy (non-hydrogen) atoms. The molecule has 0 aliphatic carbocycles. The van der Waals surface area contributed by atoms with Gasteiger partial charge in [0.05, 0.1) is 31.4 Å². The maximum absolute atomic E-state index is 12.9. The van der Waals surface area contributed by atoms with E-state index in [-0.39, 0.29) is 24.3 Å². The highest BCUT2D eigenvalue weighted by Crippen LogP contribution is 2.34. The van der Waals surface area contributed by atoms with Gasteiger partial charge in [-0.3, -0.25) is 9.59 Å². The fraction of sp³-hybridized carbons (Fsp3) is 0.304. The van der Waals surface area contributed by atoms with Crippen LogP contribution in [0.3, 0.4) is 0 Å². The first-order chi connectivity index (χ1) is 14.0. The number of nitrogens with one attached hydrogen (secondary N) is 1. The Labute approximate surface area is 171 Å². The summed E-state index contributed by atoms with van der Waals surface area (Å²) in [5.41, 5.74) is 2.52. The highest BCUT2D eigenvalue weighted by atomic mass is 16.5. The van der Waals surface area contributed by atoms with Gasteiger partial charge in [-0.1, -0.05) is 24.3 Å². The first-order valence-electron chi connectivity index (χ1n) is 9.79. The number of anilines is 1. The highest BCUT2D eigenvalue weighted by molar-refractivity contribution is 5.93. The Kier molecular flexibility index (Phi) is 6.54. The third-order valence-corrected chi connectivity index (χ3v) is 4.68. The largest absolute Gasteiger partial charge is 0.494 e. The van der Waals surface area contributed by atoms with E-state index >= 15 is 0 Å². The minimum Gasteiger partial charge on any atom is -0.494 e. The van der Waals surface area contributed by atoms with Gasteiger partial charge in [0.15, 0.2) is 0 Å². The maximum atomic E-state index is 12.9. The number of hydrogen-bond donors (Lipinski definition) is 1. The van der Waals surface area contributed by atoms with Crippen LogP contribution in [0.2, 0.25) is 0 Å². The number of fused-ring (bicyclic) bond motifs is 1. The minimum atomic E-state index is -0.362. The predicted molar refractivity (Wildman–Crippen MR) is 113 cm³/mol. The van der Waals surface area contributed by atoms with Crippen molar-refractivity contribution in [3.63, 3.8) is 0 Å². The zero-order valence-electron chi connectivity index (χ0n) is 17.0. The average Bonchev–Trinajstić information content (AvgIpc) is 2.70. The standard InChI is InChI=1S/C23H26N2O4/c1-4-28-18-10-11-22(29-5-2)20(14-18)24-23(27)15-21-19-9-7-6-8-17(19)12-13-25(21)16(3)26/h6-14,21H,4-5,15H2,1-3H3,(H,24,27). The van der Waals surface area contributed by atoms with Crippen molar-refractivity contribution >= 4 is 23.6 Å². The molecule has 1 N–H and O–H groups in total. The van der Waals surface area contributed by atoms with E-state index in [2.05, 4.69) is 5.32 Å². The summed E-state index contributed by atoms with van der Waals surface area (Å²) in [4.78, 5) is 26.6. The second-order valence-electron chi connectivity index (χ2n) is 6.66. The summed E-state index contributed by atoms with van der Waals surface area (Å²) in [6.45, 7) is 6.30. The third kappa shape index (κ3) is 4.77. The molecule has 3 rings (SSSR count). The molecule has 1 aliphatic heterocycles. The van der Waals surface area contributed by atoms with Gasteiger partial charge in [0.25, 0.3) is 0 Å². The molecule has 0 bridgehead atoms. The van der Waals surface area contributed by atoms with E-state index in [0.717, 1.165) is 11.1 Å². The number of amides is 2. The zero-order valence-corrected chi connectivity index (χ0v) is 17.0. The molecule has 2 amide bonds. The topological polar surface area (TPSA) is 67.9 Å². The molecule has 0 aromatic heterocycles. The summed E-state index contributed by atoms with van der Waals surface area (Å²) in [5.74, 6) is 0.919. The molecule has 2 aromatic carbocycles. The van der Waals surface area contributed by atoms with Crippen LogP contribution in [0, 0.1) is 0 Å². The molecule has 6 nitrogen and oxygen atoms in total. The molecule has 1 heterocycles. The number of benzene rings is 2. The molecule has 152 valence electrons. The summed E-state index contributed by atoms with van der Waals surface area (Å²) >= 11 is 0. The SMILES string of the molecule is CCOc1ccc(OCC)c(NC(=O)CC2c3ccccc3C=CN2C(C)=O)c1. The normalized spacial score (nSPS) is 14.9. The first kappa shape index (κ1) is 20.5. The lowest BCUT2D eigenvalue weighted by molar-refractivity contribution is -0.129. The Morgan fingerprint density at radius 2 is 1.83 bits per heavy atom. The van der Waals surface area contributed by atoms with Crippen LogP contribution in [0.1, 0.15) is 44.4 Å². The van der Waals surface area contributed by atoms with E-state index in [9.17, 15) is 9.59 Å². The van der Waals surface area contributed by atoms with E-state index < -0.39 is 0 Å². The van der Waals surface area contributed by atoms with Crippen molar-refractivity contribution in [1.29, 1.82) is 0 Å². The maximum Gasteiger partial charge on any atom is 0.226 e. The molecular formula is C23H26N2O4. The van der Waals surface area contributed by atoms with Gasteiger partial charge in [-0.15, -0.1) is 0 Å². The Hall–Kier alpha value is -3.28. The van der Waals surface area contributed by atoms with Gasteiger partial charge in [0.2, 0.25) is 11.8 Å². The number of rotatable bonds is 7. The van der Waals surface area contributed by atoms with Crippen molar-refractivity contribution in [2.24, 2.45) is 0 Å². The van der Waals surface area contributed by atoms with Crippen LogP contribution >= 0.6 is 0 Å². The lowest BCUT2D eigenvalue weighted by Gasteiger charge is -2.32. The molecule has 1 atom stereocenters. The van der Waals surface area contributed by atoms with Crippen molar-refractivity contribution in [3.05, 3.63) is 59.8 Å². The number of nitrogens with zero attached hydrogens (tertiary/aromatic N) is 1. The van der Waals surface area contributed by atoms with Crippen molar-refractivity contribution < 1.29 is 19.1 Å². The van der Waals surface area contributed by atoms with Crippen LogP contribution < -0.4 is 14.8 Å². The van der Waals surface area contributed by atoms with E-state index in [0.29, 0.717) is 30.4 Å². The quantitative estimate of drug-likeness (QED) is 0.756. The summed E-state index contributed by atoms with van der Waals surface area (Å²) in [7, 11) is 0. The van der Waals surface area contributed by atoms with E-state index in [4.69, 9.17) is 9.47 Å². The van der Waals surface area contributed by atoms with Gasteiger partial charge in [-0.25, -0.2) is 0 Å². The monoisotopic (exact) mass is 394 g/mol.